The summed E-state index contributed by atoms with van der Waals surface area (Å²) in [5.41, 5.74) is 1.36. The predicted octanol–water partition coefficient (Wildman–Crippen LogP) is 4.04. The number of rotatable bonds is 6. The first-order valence-corrected chi connectivity index (χ1v) is 7.69. The lowest BCUT2D eigenvalue weighted by atomic mass is 10.2. The summed E-state index contributed by atoms with van der Waals surface area (Å²) in [6.45, 7) is 2.82. The average molecular weight is 459 g/mol. The molecule has 0 aliphatic rings. The molecule has 0 radical (unpaired) electrons. The number of methoxy groups -OCH3 is 1. The van der Waals surface area contributed by atoms with Crippen LogP contribution in [-0.2, 0) is 6.54 Å². The van der Waals surface area contributed by atoms with Crippen molar-refractivity contribution in [3.8, 4) is 11.5 Å². The molecular formula is C18H23FIN3O2. The van der Waals surface area contributed by atoms with Crippen LogP contribution in [0.1, 0.15) is 12.5 Å². The van der Waals surface area contributed by atoms with Crippen molar-refractivity contribution in [2.75, 3.05) is 26.1 Å². The maximum Gasteiger partial charge on any atom is 0.195 e. The molecule has 0 heterocycles. The summed E-state index contributed by atoms with van der Waals surface area (Å²) in [6, 6.07) is 12.1. The third-order valence-corrected chi connectivity index (χ3v) is 3.35. The monoisotopic (exact) mass is 459 g/mol. The van der Waals surface area contributed by atoms with E-state index in [4.69, 9.17) is 9.47 Å². The van der Waals surface area contributed by atoms with Crippen molar-refractivity contribution in [1.29, 1.82) is 0 Å². The van der Waals surface area contributed by atoms with E-state index in [2.05, 4.69) is 15.6 Å². The minimum absolute atomic E-state index is 0. The van der Waals surface area contributed by atoms with E-state index in [-0.39, 0.29) is 29.8 Å². The topological polar surface area (TPSA) is 54.9 Å². The molecule has 0 unspecified atom stereocenters. The van der Waals surface area contributed by atoms with Crippen LogP contribution in [0.2, 0.25) is 0 Å². The van der Waals surface area contributed by atoms with Gasteiger partial charge >= 0.3 is 0 Å². The smallest absolute Gasteiger partial charge is 0.195 e. The number of ether oxygens (including phenoxy) is 2. The van der Waals surface area contributed by atoms with E-state index in [1.807, 2.05) is 25.1 Å². The van der Waals surface area contributed by atoms with Crippen molar-refractivity contribution in [2.45, 2.75) is 13.5 Å². The van der Waals surface area contributed by atoms with Gasteiger partial charge in [0.2, 0.25) is 0 Å². The second-order valence-corrected chi connectivity index (χ2v) is 4.94. The van der Waals surface area contributed by atoms with Gasteiger partial charge in [0, 0.05) is 30.9 Å². The van der Waals surface area contributed by atoms with Gasteiger partial charge in [-0.25, -0.2) is 4.39 Å². The Morgan fingerprint density at radius 1 is 1.16 bits per heavy atom. The van der Waals surface area contributed by atoms with Crippen LogP contribution in [0.15, 0.2) is 47.5 Å². The zero-order valence-electron chi connectivity index (χ0n) is 14.5. The second-order valence-electron chi connectivity index (χ2n) is 4.94. The Morgan fingerprint density at radius 2 is 1.92 bits per heavy atom. The van der Waals surface area contributed by atoms with Crippen LogP contribution < -0.4 is 20.1 Å². The van der Waals surface area contributed by atoms with Crippen molar-refractivity contribution in [2.24, 2.45) is 4.99 Å². The number of anilines is 1. The average Bonchev–Trinajstić information content (AvgIpc) is 2.61. The summed E-state index contributed by atoms with van der Waals surface area (Å²) in [5.74, 6) is 1.60. The predicted molar refractivity (Wildman–Crippen MR) is 110 cm³/mol. The molecule has 0 amide bonds. The molecule has 2 N–H and O–H groups in total. The van der Waals surface area contributed by atoms with E-state index in [0.717, 1.165) is 5.69 Å². The Labute approximate surface area is 164 Å². The molecule has 25 heavy (non-hydrogen) atoms. The van der Waals surface area contributed by atoms with Gasteiger partial charge in [0.15, 0.2) is 17.5 Å². The molecule has 0 aliphatic carbocycles. The third kappa shape index (κ3) is 6.08. The van der Waals surface area contributed by atoms with E-state index in [0.29, 0.717) is 36.2 Å². The fourth-order valence-electron chi connectivity index (χ4n) is 2.16. The van der Waals surface area contributed by atoms with Gasteiger partial charge in [-0.1, -0.05) is 18.2 Å². The normalized spacial score (nSPS) is 10.6. The molecule has 0 spiro atoms. The van der Waals surface area contributed by atoms with Crippen molar-refractivity contribution >= 4 is 35.6 Å². The van der Waals surface area contributed by atoms with E-state index >= 15 is 0 Å². The molecule has 2 aromatic carbocycles. The molecule has 2 rings (SSSR count). The Morgan fingerprint density at radius 3 is 2.56 bits per heavy atom. The number of benzene rings is 2. The number of guanidine groups is 1. The molecule has 7 heteroatoms. The largest absolute Gasteiger partial charge is 0.493 e. The lowest BCUT2D eigenvalue weighted by molar-refractivity contribution is 0.311. The maximum atomic E-state index is 13.7. The van der Waals surface area contributed by atoms with Crippen molar-refractivity contribution < 1.29 is 13.9 Å². The Balaban J connectivity index is 0.00000312. The highest BCUT2D eigenvalue weighted by Crippen LogP contribution is 2.30. The number of nitrogens with one attached hydrogen (secondary N) is 2. The summed E-state index contributed by atoms with van der Waals surface area (Å²) in [4.78, 5) is 4.14. The van der Waals surface area contributed by atoms with Gasteiger partial charge in [-0.15, -0.1) is 24.0 Å². The van der Waals surface area contributed by atoms with Gasteiger partial charge < -0.3 is 20.1 Å². The fourth-order valence-corrected chi connectivity index (χ4v) is 2.16. The van der Waals surface area contributed by atoms with Gasteiger partial charge in [0.05, 0.1) is 13.7 Å². The minimum Gasteiger partial charge on any atom is -0.493 e. The molecule has 0 atom stereocenters. The minimum atomic E-state index is -0.247. The summed E-state index contributed by atoms with van der Waals surface area (Å²) in [7, 11) is 3.25. The molecule has 0 saturated heterocycles. The number of nitrogens with zero attached hydrogens (tertiary/aromatic N) is 1. The van der Waals surface area contributed by atoms with Gasteiger partial charge in [-0.2, -0.15) is 0 Å². The lowest BCUT2D eigenvalue weighted by Gasteiger charge is -2.14. The van der Waals surface area contributed by atoms with Crippen LogP contribution in [0.25, 0.3) is 0 Å². The van der Waals surface area contributed by atoms with Crippen LogP contribution >= 0.6 is 24.0 Å². The molecule has 0 aromatic heterocycles. The van der Waals surface area contributed by atoms with E-state index in [1.165, 1.54) is 6.07 Å². The highest BCUT2D eigenvalue weighted by Gasteiger charge is 2.07. The first kappa shape index (κ1) is 21.0. The quantitative estimate of drug-likeness (QED) is 0.389. The van der Waals surface area contributed by atoms with Crippen LogP contribution in [0.4, 0.5) is 10.1 Å². The molecule has 0 fully saturated rings. The van der Waals surface area contributed by atoms with Crippen LogP contribution in [0.3, 0.4) is 0 Å². The number of hydrogen-bond donors (Lipinski definition) is 2. The molecule has 5 nitrogen and oxygen atoms in total. The van der Waals surface area contributed by atoms with Crippen LogP contribution in [0.5, 0.6) is 11.5 Å². The zero-order chi connectivity index (χ0) is 17.4. The lowest BCUT2D eigenvalue weighted by Crippen LogP contribution is -2.30. The standard InChI is InChI=1S/C18H22FN3O2.HI/c1-4-24-16-10-9-14(11-17(16)23-3)22-18(20-2)21-12-13-7-5-6-8-15(13)19;/h5-11H,4,12H2,1-3H3,(H2,20,21,22);1H. The Bertz CT molecular complexity index is 710. The number of aliphatic imine (C=N–C) groups is 1. The maximum absolute atomic E-state index is 13.7. The first-order chi connectivity index (χ1) is 11.7. The van der Waals surface area contributed by atoms with Gasteiger partial charge in [-0.05, 0) is 25.1 Å². The number of hydrogen-bond acceptors (Lipinski definition) is 3. The van der Waals surface area contributed by atoms with Gasteiger partial charge in [0.25, 0.3) is 0 Å². The third-order valence-electron chi connectivity index (χ3n) is 3.35. The summed E-state index contributed by atoms with van der Waals surface area (Å²) in [6.07, 6.45) is 0. The molecule has 0 saturated carbocycles. The van der Waals surface area contributed by atoms with E-state index < -0.39 is 0 Å². The van der Waals surface area contributed by atoms with Gasteiger partial charge in [0.1, 0.15) is 5.82 Å². The van der Waals surface area contributed by atoms with E-state index in [9.17, 15) is 4.39 Å². The molecule has 136 valence electrons. The second kappa shape index (κ2) is 10.8. The Kier molecular flexibility index (Phi) is 9.04. The highest BCUT2D eigenvalue weighted by atomic mass is 127. The molecule has 2 aromatic rings. The highest BCUT2D eigenvalue weighted by molar-refractivity contribution is 14.0. The van der Waals surface area contributed by atoms with Gasteiger partial charge in [-0.3, -0.25) is 4.99 Å². The number of halogens is 2. The van der Waals surface area contributed by atoms with Crippen LogP contribution in [-0.4, -0.2) is 26.7 Å². The zero-order valence-corrected chi connectivity index (χ0v) is 16.8. The molecule has 0 bridgehead atoms. The van der Waals surface area contributed by atoms with E-state index in [1.54, 1.807) is 32.4 Å². The van der Waals surface area contributed by atoms with Crippen molar-refractivity contribution in [3.05, 3.63) is 53.8 Å². The molecular weight excluding hydrogens is 436 g/mol. The molecule has 0 aliphatic heterocycles. The summed E-state index contributed by atoms with van der Waals surface area (Å²) < 4.78 is 24.5. The first-order valence-electron chi connectivity index (χ1n) is 7.69. The van der Waals surface area contributed by atoms with Crippen LogP contribution in [0, 0.1) is 5.82 Å². The van der Waals surface area contributed by atoms with Crippen molar-refractivity contribution in [3.63, 3.8) is 0 Å². The summed E-state index contributed by atoms with van der Waals surface area (Å²) >= 11 is 0. The fraction of sp³-hybridized carbons (Fsp3) is 0.278. The summed E-state index contributed by atoms with van der Waals surface area (Å²) in [5, 5.41) is 6.22. The Hall–Kier alpha value is -2.03. The SMILES string of the molecule is CCOc1ccc(NC(=NC)NCc2ccccc2F)cc1OC.I. The van der Waals surface area contributed by atoms with Crippen molar-refractivity contribution in [1.82, 2.24) is 5.32 Å².